The maximum atomic E-state index is 12.2. The zero-order chi connectivity index (χ0) is 17.8. The van der Waals surface area contributed by atoms with E-state index >= 15 is 0 Å². The van der Waals surface area contributed by atoms with E-state index in [0.29, 0.717) is 6.54 Å². The number of nitrogens with one attached hydrogen (secondary N) is 3. The van der Waals surface area contributed by atoms with E-state index in [9.17, 15) is 9.59 Å². The molecule has 0 radical (unpaired) electrons. The zero-order valence-electron chi connectivity index (χ0n) is 14.6. The molecular formula is C20H23N3O2. The van der Waals surface area contributed by atoms with Crippen LogP contribution >= 0.6 is 0 Å². The van der Waals surface area contributed by atoms with Crippen LogP contribution in [0, 0.1) is 13.8 Å². The summed E-state index contributed by atoms with van der Waals surface area (Å²) in [5.74, 6) is -0.301. The first-order valence-electron chi connectivity index (χ1n) is 8.52. The Balaban J connectivity index is 1.54. The summed E-state index contributed by atoms with van der Waals surface area (Å²) in [7, 11) is 0. The normalized spacial score (nSPS) is 15.8. The van der Waals surface area contributed by atoms with E-state index in [1.807, 2.05) is 56.3 Å². The molecule has 0 saturated carbocycles. The molecule has 1 atom stereocenters. The van der Waals surface area contributed by atoms with Gasteiger partial charge in [-0.1, -0.05) is 30.3 Å². The lowest BCUT2D eigenvalue weighted by Crippen LogP contribution is -2.42. The Morgan fingerprint density at radius 3 is 2.48 bits per heavy atom. The average molecular weight is 337 g/mol. The third-order valence-corrected chi connectivity index (χ3v) is 4.51. The summed E-state index contributed by atoms with van der Waals surface area (Å²) in [6, 6.07) is 13.4. The van der Waals surface area contributed by atoms with Crippen molar-refractivity contribution in [1.82, 2.24) is 5.32 Å². The van der Waals surface area contributed by atoms with Crippen molar-refractivity contribution in [2.75, 3.05) is 17.2 Å². The van der Waals surface area contributed by atoms with Crippen LogP contribution in [0.5, 0.6) is 0 Å². The van der Waals surface area contributed by atoms with Crippen molar-refractivity contribution < 1.29 is 9.59 Å². The van der Waals surface area contributed by atoms with E-state index in [1.165, 1.54) is 5.56 Å². The van der Waals surface area contributed by atoms with Crippen molar-refractivity contribution in [1.29, 1.82) is 0 Å². The van der Waals surface area contributed by atoms with E-state index in [1.54, 1.807) is 0 Å². The second kappa shape index (κ2) is 7.38. The van der Waals surface area contributed by atoms with E-state index in [-0.39, 0.29) is 18.2 Å². The molecule has 0 saturated heterocycles. The number of amides is 2. The van der Waals surface area contributed by atoms with Gasteiger partial charge in [-0.3, -0.25) is 9.59 Å². The summed E-state index contributed by atoms with van der Waals surface area (Å²) in [6.45, 7) is 4.60. The lowest BCUT2D eigenvalue weighted by Gasteiger charge is -2.27. The van der Waals surface area contributed by atoms with E-state index in [0.717, 1.165) is 28.9 Å². The summed E-state index contributed by atoms with van der Waals surface area (Å²) < 4.78 is 0. The van der Waals surface area contributed by atoms with Gasteiger partial charge in [0.2, 0.25) is 11.8 Å². The number of carbonyl (C=O) groups excluding carboxylic acids is 2. The van der Waals surface area contributed by atoms with E-state index in [4.69, 9.17) is 0 Å². The van der Waals surface area contributed by atoms with Crippen LogP contribution in [0.2, 0.25) is 0 Å². The van der Waals surface area contributed by atoms with Gasteiger partial charge in [-0.15, -0.1) is 0 Å². The highest BCUT2D eigenvalue weighted by Crippen LogP contribution is 2.30. The smallest absolute Gasteiger partial charge is 0.247 e. The maximum Gasteiger partial charge on any atom is 0.247 e. The minimum Gasteiger partial charge on any atom is -0.372 e. The lowest BCUT2D eigenvalue weighted by molar-refractivity contribution is -0.124. The molecule has 3 rings (SSSR count). The summed E-state index contributed by atoms with van der Waals surface area (Å²) in [5, 5.41) is 8.95. The largest absolute Gasteiger partial charge is 0.372 e. The van der Waals surface area contributed by atoms with Gasteiger partial charge in [0.05, 0.1) is 17.8 Å². The highest BCUT2D eigenvalue weighted by atomic mass is 16.2. The van der Waals surface area contributed by atoms with Gasteiger partial charge >= 0.3 is 0 Å². The van der Waals surface area contributed by atoms with Crippen LogP contribution in [0.15, 0.2) is 42.5 Å². The summed E-state index contributed by atoms with van der Waals surface area (Å²) in [4.78, 5) is 24.4. The molecule has 1 aliphatic rings. The Hall–Kier alpha value is -2.82. The summed E-state index contributed by atoms with van der Waals surface area (Å²) in [6.07, 6.45) is 0.894. The van der Waals surface area contributed by atoms with Gasteiger partial charge in [-0.25, -0.2) is 0 Å². The molecule has 5 nitrogen and oxygen atoms in total. The highest BCUT2D eigenvalue weighted by molar-refractivity contribution is 6.05. The fraction of sp³-hybridized carbons (Fsp3) is 0.300. The first kappa shape index (κ1) is 17.0. The Morgan fingerprint density at radius 1 is 1.08 bits per heavy atom. The van der Waals surface area contributed by atoms with Crippen molar-refractivity contribution in [2.45, 2.75) is 32.7 Å². The second-order valence-corrected chi connectivity index (χ2v) is 6.46. The van der Waals surface area contributed by atoms with Gasteiger partial charge < -0.3 is 16.0 Å². The van der Waals surface area contributed by atoms with Crippen molar-refractivity contribution in [2.24, 2.45) is 0 Å². The number of fused-ring (bicyclic) bond motifs is 1. The molecule has 25 heavy (non-hydrogen) atoms. The fourth-order valence-electron chi connectivity index (χ4n) is 2.90. The standard InChI is InChI=1S/C20H23N3O2/c1-13-10-16-17(11-14(13)2)23-20(25)18(22-16)12-19(24)21-9-8-15-6-4-3-5-7-15/h3-7,10-11,18,22H,8-9,12H2,1-2H3,(H,21,24)(H,23,25)/t18-/m1/s1. The van der Waals surface area contributed by atoms with Crippen molar-refractivity contribution in [3.63, 3.8) is 0 Å². The van der Waals surface area contributed by atoms with Crippen molar-refractivity contribution >= 4 is 23.2 Å². The minimum atomic E-state index is -0.550. The Bertz CT molecular complexity index is 787. The maximum absolute atomic E-state index is 12.2. The molecule has 0 fully saturated rings. The topological polar surface area (TPSA) is 70.2 Å². The molecule has 130 valence electrons. The molecular weight excluding hydrogens is 314 g/mol. The van der Waals surface area contributed by atoms with Gasteiger partial charge in [0.1, 0.15) is 6.04 Å². The fourth-order valence-corrected chi connectivity index (χ4v) is 2.90. The van der Waals surface area contributed by atoms with Crippen LogP contribution in [0.1, 0.15) is 23.1 Å². The molecule has 1 heterocycles. The van der Waals surface area contributed by atoms with E-state index < -0.39 is 6.04 Å². The first-order valence-corrected chi connectivity index (χ1v) is 8.52. The summed E-state index contributed by atoms with van der Waals surface area (Å²) >= 11 is 0. The molecule has 2 aromatic rings. The molecule has 0 spiro atoms. The number of anilines is 2. The molecule has 5 heteroatoms. The minimum absolute atomic E-state index is 0.118. The van der Waals surface area contributed by atoms with Gasteiger partial charge in [0.15, 0.2) is 0 Å². The van der Waals surface area contributed by atoms with Gasteiger partial charge in [-0.2, -0.15) is 0 Å². The van der Waals surface area contributed by atoms with Crippen molar-refractivity contribution in [3.05, 3.63) is 59.2 Å². The van der Waals surface area contributed by atoms with Gasteiger partial charge in [-0.05, 0) is 49.1 Å². The molecule has 0 aliphatic carbocycles. The predicted octanol–water partition coefficient (Wildman–Crippen LogP) is 2.79. The number of aryl methyl sites for hydroxylation is 2. The molecule has 0 bridgehead atoms. The Labute approximate surface area is 147 Å². The van der Waals surface area contributed by atoms with Crippen LogP contribution < -0.4 is 16.0 Å². The van der Waals surface area contributed by atoms with Crippen LogP contribution in [-0.4, -0.2) is 24.4 Å². The molecule has 0 aromatic heterocycles. The van der Waals surface area contributed by atoms with E-state index in [2.05, 4.69) is 16.0 Å². The van der Waals surface area contributed by atoms with Crippen LogP contribution in [0.3, 0.4) is 0 Å². The van der Waals surface area contributed by atoms with Crippen LogP contribution in [-0.2, 0) is 16.0 Å². The number of rotatable bonds is 5. The summed E-state index contributed by atoms with van der Waals surface area (Å²) in [5.41, 5.74) is 5.08. The lowest BCUT2D eigenvalue weighted by atomic mass is 10.0. The number of benzene rings is 2. The first-order chi connectivity index (χ1) is 12.0. The molecule has 2 amide bonds. The zero-order valence-corrected chi connectivity index (χ0v) is 14.6. The third-order valence-electron chi connectivity index (χ3n) is 4.51. The van der Waals surface area contributed by atoms with Crippen LogP contribution in [0.4, 0.5) is 11.4 Å². The number of hydrogen-bond acceptors (Lipinski definition) is 3. The van der Waals surface area contributed by atoms with Gasteiger partial charge in [0.25, 0.3) is 0 Å². The Kier molecular flexibility index (Phi) is 5.03. The van der Waals surface area contributed by atoms with Gasteiger partial charge in [0, 0.05) is 6.54 Å². The number of carbonyl (C=O) groups is 2. The van der Waals surface area contributed by atoms with Crippen LogP contribution in [0.25, 0.3) is 0 Å². The average Bonchev–Trinajstić information content (AvgIpc) is 2.58. The SMILES string of the molecule is Cc1cc2c(cc1C)N[C@H](CC(=O)NCCc1ccccc1)C(=O)N2. The third kappa shape index (κ3) is 4.18. The molecule has 0 unspecified atom stereocenters. The van der Waals surface area contributed by atoms with Crippen molar-refractivity contribution in [3.8, 4) is 0 Å². The molecule has 2 aromatic carbocycles. The number of hydrogen-bond donors (Lipinski definition) is 3. The predicted molar refractivity (Wildman–Crippen MR) is 99.7 cm³/mol. The highest BCUT2D eigenvalue weighted by Gasteiger charge is 2.27. The Morgan fingerprint density at radius 2 is 1.76 bits per heavy atom. The monoisotopic (exact) mass is 337 g/mol. The molecule has 3 N–H and O–H groups in total. The molecule has 1 aliphatic heterocycles. The quantitative estimate of drug-likeness (QED) is 0.786. The second-order valence-electron chi connectivity index (χ2n) is 6.46.